The number of nitrogens with zero attached hydrogens (tertiary/aromatic N) is 3. The standard InChI is InChI=1S/C20H25N5O3/c1-3-28-20(27)25-10-8-17(9-11-25)23-18(26)15-12-21-19(22-13-15)24-16-6-4-14(2)5-7-16/h4-7,12-13,17H,3,8-11H2,1-2H3,(H,23,26)(H,21,22,24). The second-order valence-corrected chi connectivity index (χ2v) is 6.72. The zero-order valence-corrected chi connectivity index (χ0v) is 16.1. The van der Waals surface area contributed by atoms with Crippen molar-refractivity contribution in [1.29, 1.82) is 0 Å². The fourth-order valence-corrected chi connectivity index (χ4v) is 2.97. The maximum Gasteiger partial charge on any atom is 0.409 e. The lowest BCUT2D eigenvalue weighted by Gasteiger charge is -2.31. The van der Waals surface area contributed by atoms with Crippen LogP contribution in [0.15, 0.2) is 36.7 Å². The van der Waals surface area contributed by atoms with Crippen LogP contribution >= 0.6 is 0 Å². The number of likely N-dealkylation sites (tertiary alicyclic amines) is 1. The average molecular weight is 383 g/mol. The number of carbonyl (C=O) groups is 2. The minimum absolute atomic E-state index is 0.0172. The van der Waals surface area contributed by atoms with Gasteiger partial charge in [-0.05, 0) is 38.8 Å². The van der Waals surface area contributed by atoms with Crippen molar-refractivity contribution in [1.82, 2.24) is 20.2 Å². The zero-order valence-electron chi connectivity index (χ0n) is 16.1. The third kappa shape index (κ3) is 5.18. The first-order chi connectivity index (χ1) is 13.5. The summed E-state index contributed by atoms with van der Waals surface area (Å²) >= 11 is 0. The summed E-state index contributed by atoms with van der Waals surface area (Å²) in [5.41, 5.74) is 2.46. The molecule has 0 radical (unpaired) electrons. The highest BCUT2D eigenvalue weighted by Crippen LogP contribution is 2.14. The molecule has 1 aliphatic rings. The summed E-state index contributed by atoms with van der Waals surface area (Å²) in [6, 6.07) is 7.90. The van der Waals surface area contributed by atoms with E-state index in [0.717, 1.165) is 5.69 Å². The van der Waals surface area contributed by atoms with Gasteiger partial charge in [-0.3, -0.25) is 4.79 Å². The van der Waals surface area contributed by atoms with E-state index in [0.29, 0.717) is 44.0 Å². The van der Waals surface area contributed by atoms with Gasteiger partial charge < -0.3 is 20.3 Å². The molecule has 2 aromatic rings. The van der Waals surface area contributed by atoms with Gasteiger partial charge in [-0.1, -0.05) is 17.7 Å². The fraction of sp³-hybridized carbons (Fsp3) is 0.400. The lowest BCUT2D eigenvalue weighted by molar-refractivity contribution is 0.0859. The van der Waals surface area contributed by atoms with Crippen molar-refractivity contribution in [3.05, 3.63) is 47.8 Å². The Balaban J connectivity index is 1.50. The number of ether oxygens (including phenoxy) is 1. The van der Waals surface area contributed by atoms with E-state index >= 15 is 0 Å². The molecule has 0 atom stereocenters. The number of amides is 2. The second-order valence-electron chi connectivity index (χ2n) is 6.72. The summed E-state index contributed by atoms with van der Waals surface area (Å²) in [5, 5.41) is 6.09. The van der Waals surface area contributed by atoms with Gasteiger partial charge in [0.2, 0.25) is 5.95 Å². The Hall–Kier alpha value is -3.16. The topological polar surface area (TPSA) is 96.5 Å². The van der Waals surface area contributed by atoms with Crippen LogP contribution in [0.3, 0.4) is 0 Å². The van der Waals surface area contributed by atoms with Crippen molar-refractivity contribution in [2.24, 2.45) is 0 Å². The number of carbonyl (C=O) groups excluding carboxylic acids is 2. The Labute approximate surface area is 164 Å². The Kier molecular flexibility index (Phi) is 6.41. The third-order valence-electron chi connectivity index (χ3n) is 4.58. The number of anilines is 2. The highest BCUT2D eigenvalue weighted by Gasteiger charge is 2.24. The van der Waals surface area contributed by atoms with E-state index in [1.807, 2.05) is 31.2 Å². The Morgan fingerprint density at radius 2 is 1.79 bits per heavy atom. The number of nitrogens with one attached hydrogen (secondary N) is 2. The second kappa shape index (κ2) is 9.16. The number of benzene rings is 1. The Morgan fingerprint density at radius 1 is 1.14 bits per heavy atom. The first-order valence-electron chi connectivity index (χ1n) is 9.43. The summed E-state index contributed by atoms with van der Waals surface area (Å²) in [4.78, 5) is 34.2. The van der Waals surface area contributed by atoms with Gasteiger partial charge in [0.15, 0.2) is 0 Å². The summed E-state index contributed by atoms with van der Waals surface area (Å²) in [6.07, 6.45) is 4.10. The lowest BCUT2D eigenvalue weighted by Crippen LogP contribution is -2.46. The first kappa shape index (κ1) is 19.6. The molecule has 3 rings (SSSR count). The summed E-state index contributed by atoms with van der Waals surface area (Å²) in [6.45, 7) is 5.31. The monoisotopic (exact) mass is 383 g/mol. The van der Waals surface area contributed by atoms with E-state index in [1.165, 1.54) is 18.0 Å². The molecule has 0 spiro atoms. The van der Waals surface area contributed by atoms with Crippen molar-refractivity contribution in [2.45, 2.75) is 32.7 Å². The van der Waals surface area contributed by atoms with Gasteiger partial charge in [0.25, 0.3) is 5.91 Å². The van der Waals surface area contributed by atoms with Crippen LogP contribution in [0.2, 0.25) is 0 Å². The molecule has 1 aromatic heterocycles. The van der Waals surface area contributed by atoms with Crippen molar-refractivity contribution in [2.75, 3.05) is 25.0 Å². The van der Waals surface area contributed by atoms with Crippen molar-refractivity contribution >= 4 is 23.6 Å². The molecule has 0 bridgehead atoms. The van der Waals surface area contributed by atoms with Crippen LogP contribution < -0.4 is 10.6 Å². The molecule has 2 N–H and O–H groups in total. The molecule has 8 heteroatoms. The zero-order chi connectivity index (χ0) is 19.9. The third-order valence-corrected chi connectivity index (χ3v) is 4.58. The van der Waals surface area contributed by atoms with E-state index in [-0.39, 0.29) is 18.0 Å². The molecule has 2 heterocycles. The number of aryl methyl sites for hydroxylation is 1. The SMILES string of the molecule is CCOC(=O)N1CCC(NC(=O)c2cnc(Nc3ccc(C)cc3)nc2)CC1. The van der Waals surface area contributed by atoms with Gasteiger partial charge in [0, 0.05) is 37.2 Å². The van der Waals surface area contributed by atoms with Gasteiger partial charge in [-0.25, -0.2) is 14.8 Å². The maximum absolute atomic E-state index is 12.4. The first-order valence-corrected chi connectivity index (χ1v) is 9.43. The van der Waals surface area contributed by atoms with Gasteiger partial charge in [-0.2, -0.15) is 0 Å². The molecule has 2 amide bonds. The van der Waals surface area contributed by atoms with Crippen LogP contribution in [-0.4, -0.2) is 52.6 Å². The van der Waals surface area contributed by atoms with Crippen molar-refractivity contribution in [3.63, 3.8) is 0 Å². The number of hydrogen-bond donors (Lipinski definition) is 2. The lowest BCUT2D eigenvalue weighted by atomic mass is 10.1. The minimum Gasteiger partial charge on any atom is -0.450 e. The Bertz CT molecular complexity index is 800. The molecule has 0 saturated carbocycles. The summed E-state index contributed by atoms with van der Waals surface area (Å²) in [5.74, 6) is 0.222. The van der Waals surface area contributed by atoms with E-state index < -0.39 is 0 Å². The molecule has 1 aromatic carbocycles. The smallest absolute Gasteiger partial charge is 0.409 e. The van der Waals surface area contributed by atoms with E-state index in [9.17, 15) is 9.59 Å². The molecule has 1 saturated heterocycles. The molecule has 0 aliphatic carbocycles. The van der Waals surface area contributed by atoms with E-state index in [2.05, 4.69) is 20.6 Å². The van der Waals surface area contributed by atoms with Crippen LogP contribution in [-0.2, 0) is 4.74 Å². The van der Waals surface area contributed by atoms with Crippen molar-refractivity contribution in [3.8, 4) is 0 Å². The molecular weight excluding hydrogens is 358 g/mol. The van der Waals surface area contributed by atoms with Crippen molar-refractivity contribution < 1.29 is 14.3 Å². The highest BCUT2D eigenvalue weighted by atomic mass is 16.6. The van der Waals surface area contributed by atoms with Crippen LogP contribution in [0.5, 0.6) is 0 Å². The number of aromatic nitrogens is 2. The predicted octanol–water partition coefficient (Wildman–Crippen LogP) is 2.88. The molecular formula is C20H25N5O3. The summed E-state index contributed by atoms with van der Waals surface area (Å²) < 4.78 is 5.00. The molecule has 28 heavy (non-hydrogen) atoms. The maximum atomic E-state index is 12.4. The summed E-state index contributed by atoms with van der Waals surface area (Å²) in [7, 11) is 0. The van der Waals surface area contributed by atoms with Gasteiger partial charge in [0.05, 0.1) is 12.2 Å². The van der Waals surface area contributed by atoms with Gasteiger partial charge in [-0.15, -0.1) is 0 Å². The fourth-order valence-electron chi connectivity index (χ4n) is 2.97. The minimum atomic E-state index is -0.294. The van der Waals surface area contributed by atoms with Crippen LogP contribution in [0.4, 0.5) is 16.4 Å². The highest BCUT2D eigenvalue weighted by molar-refractivity contribution is 5.93. The molecule has 0 unspecified atom stereocenters. The van der Waals surface area contributed by atoms with E-state index in [1.54, 1.807) is 11.8 Å². The van der Waals surface area contributed by atoms with Crippen LogP contribution in [0, 0.1) is 6.92 Å². The number of piperidine rings is 1. The van der Waals surface area contributed by atoms with Gasteiger partial charge in [0.1, 0.15) is 0 Å². The van der Waals surface area contributed by atoms with E-state index in [4.69, 9.17) is 4.74 Å². The largest absolute Gasteiger partial charge is 0.450 e. The Morgan fingerprint density at radius 3 is 2.39 bits per heavy atom. The molecule has 1 aliphatic heterocycles. The molecule has 1 fully saturated rings. The number of rotatable bonds is 5. The quantitative estimate of drug-likeness (QED) is 0.824. The average Bonchev–Trinajstić information content (AvgIpc) is 2.71. The van der Waals surface area contributed by atoms with Crippen LogP contribution in [0.1, 0.15) is 35.7 Å². The van der Waals surface area contributed by atoms with Crippen LogP contribution in [0.25, 0.3) is 0 Å². The predicted molar refractivity (Wildman–Crippen MR) is 106 cm³/mol. The molecule has 8 nitrogen and oxygen atoms in total. The molecule has 148 valence electrons. The van der Waals surface area contributed by atoms with Gasteiger partial charge >= 0.3 is 6.09 Å². The normalized spacial score (nSPS) is 14.4. The number of hydrogen-bond acceptors (Lipinski definition) is 6.